The van der Waals surface area contributed by atoms with Gasteiger partial charge < -0.3 is 20.1 Å². The molecule has 0 aromatic carbocycles. The summed E-state index contributed by atoms with van der Waals surface area (Å²) in [6.07, 6.45) is 1.74. The maximum Gasteiger partial charge on any atom is 0.275 e. The van der Waals surface area contributed by atoms with Crippen LogP contribution in [0, 0.1) is 5.41 Å². The Bertz CT molecular complexity index is 919. The molecule has 1 aromatic rings. The first-order valence-corrected chi connectivity index (χ1v) is 9.67. The second kappa shape index (κ2) is 9.04. The molecule has 3 rings (SSSR count). The maximum absolute atomic E-state index is 15.1. The maximum atomic E-state index is 15.1. The number of aromatic nitrogens is 2. The van der Waals surface area contributed by atoms with Crippen molar-refractivity contribution in [2.45, 2.75) is 32.2 Å². The minimum absolute atomic E-state index is 0.00140. The van der Waals surface area contributed by atoms with Crippen LogP contribution in [-0.4, -0.2) is 60.5 Å². The van der Waals surface area contributed by atoms with Crippen molar-refractivity contribution in [1.82, 2.24) is 20.6 Å². The fourth-order valence-electron chi connectivity index (χ4n) is 3.66. The van der Waals surface area contributed by atoms with Gasteiger partial charge in [-0.25, -0.2) is 23.1 Å². The average molecular weight is 439 g/mol. The number of ether oxygens (including phenoxy) is 2. The molecule has 0 saturated carbocycles. The summed E-state index contributed by atoms with van der Waals surface area (Å²) in [4.78, 5) is 24.5. The van der Waals surface area contributed by atoms with Gasteiger partial charge in [0.05, 0.1) is 31.5 Å². The van der Waals surface area contributed by atoms with E-state index in [-0.39, 0.29) is 36.1 Å². The molecule has 2 aliphatic rings. The van der Waals surface area contributed by atoms with Gasteiger partial charge in [-0.3, -0.25) is 9.79 Å². The molecule has 1 fully saturated rings. The van der Waals surface area contributed by atoms with Gasteiger partial charge in [0.15, 0.2) is 0 Å². The lowest BCUT2D eigenvalue weighted by Gasteiger charge is -2.51. The molecule has 2 unspecified atom stereocenters. The van der Waals surface area contributed by atoms with Crippen molar-refractivity contribution in [2.75, 3.05) is 26.9 Å². The van der Waals surface area contributed by atoms with Crippen molar-refractivity contribution in [1.29, 1.82) is 0 Å². The van der Waals surface area contributed by atoms with Crippen LogP contribution in [-0.2, 0) is 4.74 Å². The van der Waals surface area contributed by atoms with Crippen LogP contribution in [0.3, 0.4) is 0 Å². The molecule has 0 bridgehead atoms. The largest absolute Gasteiger partial charge is 0.480 e. The Morgan fingerprint density at radius 3 is 2.77 bits per heavy atom. The third-order valence-corrected chi connectivity index (χ3v) is 5.49. The van der Waals surface area contributed by atoms with Crippen molar-refractivity contribution in [3.05, 3.63) is 41.8 Å². The summed E-state index contributed by atoms with van der Waals surface area (Å²) >= 11 is 0. The number of nitrogens with one attached hydrogen (secondary N) is 2. The zero-order chi connectivity index (χ0) is 22.6. The van der Waals surface area contributed by atoms with Gasteiger partial charge >= 0.3 is 0 Å². The van der Waals surface area contributed by atoms with Gasteiger partial charge in [0.1, 0.15) is 29.5 Å². The summed E-state index contributed by atoms with van der Waals surface area (Å²) in [5.74, 6) is -0.884. The highest BCUT2D eigenvalue weighted by Crippen LogP contribution is 2.49. The van der Waals surface area contributed by atoms with E-state index in [0.29, 0.717) is 6.54 Å². The van der Waals surface area contributed by atoms with Crippen molar-refractivity contribution < 1.29 is 27.4 Å². The van der Waals surface area contributed by atoms with E-state index in [2.05, 4.69) is 25.6 Å². The quantitative estimate of drug-likeness (QED) is 0.707. The number of carbonyl (C=O) groups is 1. The number of alkyl halides is 2. The standard InChI is InChI=1S/C20H24F3N5O3/c1-4-24-15-10-31-11-20(28-15,18(22)23)19(2)7-12(5-6-14(19)21)27-17(29)13-8-26-16(30-3)9-25-13/h5-6,8-9,18H,4,7,10-11H2,1-3H3,(H,24,28)(H,27,29). The van der Waals surface area contributed by atoms with Crippen LogP contribution in [0.1, 0.15) is 30.8 Å². The first-order chi connectivity index (χ1) is 14.8. The van der Waals surface area contributed by atoms with Crippen LogP contribution in [0.15, 0.2) is 41.1 Å². The summed E-state index contributed by atoms with van der Waals surface area (Å²) < 4.78 is 54.1. The number of amides is 1. The molecule has 1 aromatic heterocycles. The van der Waals surface area contributed by atoms with Crippen LogP contribution < -0.4 is 15.4 Å². The Labute approximate surface area is 177 Å². The SMILES string of the molecule is CCN=C1COCC(C(F)F)(C2(C)CC(NC(=O)c3cnc(OC)cn3)=CC=C2F)N1. The Morgan fingerprint density at radius 2 is 2.16 bits per heavy atom. The predicted molar refractivity (Wildman–Crippen MR) is 107 cm³/mol. The number of hydrogen-bond acceptors (Lipinski definition) is 6. The van der Waals surface area contributed by atoms with Gasteiger partial charge in [-0.05, 0) is 19.1 Å². The molecule has 1 saturated heterocycles. The van der Waals surface area contributed by atoms with Crippen molar-refractivity contribution >= 4 is 11.7 Å². The minimum atomic E-state index is -2.97. The van der Waals surface area contributed by atoms with E-state index >= 15 is 4.39 Å². The molecule has 11 heteroatoms. The molecule has 168 valence electrons. The Balaban J connectivity index is 1.86. The molecular weight excluding hydrogens is 415 g/mol. The Hall–Kier alpha value is -2.95. The molecule has 1 aliphatic heterocycles. The summed E-state index contributed by atoms with van der Waals surface area (Å²) in [6.45, 7) is 3.12. The van der Waals surface area contributed by atoms with Crippen molar-refractivity contribution in [3.63, 3.8) is 0 Å². The number of rotatable bonds is 6. The van der Waals surface area contributed by atoms with E-state index in [1.807, 2.05) is 0 Å². The normalized spacial score (nSPS) is 27.4. The van der Waals surface area contributed by atoms with Gasteiger partial charge in [-0.1, -0.05) is 6.92 Å². The number of carbonyl (C=O) groups excluding carboxylic acids is 1. The second-order valence-corrected chi connectivity index (χ2v) is 7.42. The van der Waals surface area contributed by atoms with E-state index in [1.165, 1.54) is 32.5 Å². The summed E-state index contributed by atoms with van der Waals surface area (Å²) in [6, 6.07) is 0. The number of allylic oxidation sites excluding steroid dienone is 3. The molecule has 1 amide bonds. The number of amidine groups is 1. The van der Waals surface area contributed by atoms with Crippen LogP contribution in [0.5, 0.6) is 5.88 Å². The van der Waals surface area contributed by atoms with Crippen LogP contribution in [0.25, 0.3) is 0 Å². The van der Waals surface area contributed by atoms with E-state index in [0.717, 1.165) is 6.08 Å². The van der Waals surface area contributed by atoms with Gasteiger partial charge in [0, 0.05) is 18.7 Å². The molecule has 2 heterocycles. The lowest BCUT2D eigenvalue weighted by molar-refractivity contribution is -0.0885. The molecule has 0 spiro atoms. The van der Waals surface area contributed by atoms with Crippen molar-refractivity contribution in [2.24, 2.45) is 10.4 Å². The zero-order valence-corrected chi connectivity index (χ0v) is 17.4. The third kappa shape index (κ3) is 4.27. The Kier molecular flexibility index (Phi) is 6.63. The highest BCUT2D eigenvalue weighted by Gasteiger charge is 2.60. The van der Waals surface area contributed by atoms with Crippen LogP contribution in [0.2, 0.25) is 0 Å². The molecule has 2 atom stereocenters. The van der Waals surface area contributed by atoms with E-state index < -0.39 is 35.7 Å². The van der Waals surface area contributed by atoms with Gasteiger partial charge in [-0.2, -0.15) is 0 Å². The summed E-state index contributed by atoms with van der Waals surface area (Å²) in [5.41, 5.74) is -3.52. The number of aliphatic imine (C=N–C) groups is 1. The lowest BCUT2D eigenvalue weighted by Crippen LogP contribution is -2.70. The number of nitrogens with zero attached hydrogens (tertiary/aromatic N) is 3. The molecular formula is C20H24F3N5O3. The number of hydrogen-bond donors (Lipinski definition) is 2. The molecule has 2 N–H and O–H groups in total. The lowest BCUT2D eigenvalue weighted by atomic mass is 9.65. The number of methoxy groups -OCH3 is 1. The average Bonchev–Trinajstić information content (AvgIpc) is 2.76. The Morgan fingerprint density at radius 1 is 1.39 bits per heavy atom. The molecule has 31 heavy (non-hydrogen) atoms. The van der Waals surface area contributed by atoms with Crippen molar-refractivity contribution in [3.8, 4) is 5.88 Å². The highest BCUT2D eigenvalue weighted by atomic mass is 19.3. The fourth-order valence-corrected chi connectivity index (χ4v) is 3.66. The van der Waals surface area contributed by atoms with Gasteiger partial charge in [-0.15, -0.1) is 0 Å². The zero-order valence-electron chi connectivity index (χ0n) is 17.4. The number of halogens is 3. The van der Waals surface area contributed by atoms with E-state index in [4.69, 9.17) is 9.47 Å². The first-order valence-electron chi connectivity index (χ1n) is 9.67. The summed E-state index contributed by atoms with van der Waals surface area (Å²) in [7, 11) is 1.41. The fraction of sp³-hybridized carbons (Fsp3) is 0.500. The topological polar surface area (TPSA) is 97.7 Å². The van der Waals surface area contributed by atoms with Gasteiger partial charge in [0.2, 0.25) is 5.88 Å². The number of morpholine rings is 1. The predicted octanol–water partition coefficient (Wildman–Crippen LogP) is 2.40. The van der Waals surface area contributed by atoms with E-state index in [9.17, 15) is 13.6 Å². The monoisotopic (exact) mass is 439 g/mol. The third-order valence-electron chi connectivity index (χ3n) is 5.49. The van der Waals surface area contributed by atoms with Gasteiger partial charge in [0.25, 0.3) is 12.3 Å². The van der Waals surface area contributed by atoms with Crippen LogP contribution in [0.4, 0.5) is 13.2 Å². The van der Waals surface area contributed by atoms with Crippen LogP contribution >= 0.6 is 0 Å². The first kappa shape index (κ1) is 22.7. The molecule has 0 radical (unpaired) electrons. The highest BCUT2D eigenvalue weighted by molar-refractivity contribution is 5.93. The molecule has 8 nitrogen and oxygen atoms in total. The summed E-state index contributed by atoms with van der Waals surface area (Å²) in [5, 5.41) is 5.35. The minimum Gasteiger partial charge on any atom is -0.480 e. The second-order valence-electron chi connectivity index (χ2n) is 7.42. The molecule has 1 aliphatic carbocycles. The van der Waals surface area contributed by atoms with E-state index in [1.54, 1.807) is 6.92 Å². The smallest absolute Gasteiger partial charge is 0.275 e.